The molecule has 0 amide bonds. The summed E-state index contributed by atoms with van der Waals surface area (Å²) in [5.74, 6) is 0.548. The number of phenolic OH excluding ortho intramolecular Hbond substituents is 1. The van der Waals surface area contributed by atoms with Gasteiger partial charge >= 0.3 is 0 Å². The van der Waals surface area contributed by atoms with E-state index in [0.717, 1.165) is 12.8 Å². The van der Waals surface area contributed by atoms with Gasteiger partial charge in [-0.15, -0.1) is 0 Å². The molecule has 0 heterocycles. The molecule has 0 aliphatic rings. The average molecular weight is 279 g/mol. The fraction of sp³-hybridized carbons (Fsp3) is 0.562. The molecular formula is C16H25NO3. The Morgan fingerprint density at radius 3 is 2.55 bits per heavy atom. The van der Waals surface area contributed by atoms with Gasteiger partial charge in [0.2, 0.25) is 5.90 Å². The highest BCUT2D eigenvalue weighted by molar-refractivity contribution is 5.92. The van der Waals surface area contributed by atoms with Gasteiger partial charge in [0.15, 0.2) is 11.5 Å². The first-order valence-electron chi connectivity index (χ1n) is 7.27. The third-order valence-electron chi connectivity index (χ3n) is 3.19. The van der Waals surface area contributed by atoms with Crippen molar-refractivity contribution < 1.29 is 14.6 Å². The van der Waals surface area contributed by atoms with Crippen LogP contribution in [-0.4, -0.2) is 24.7 Å². The van der Waals surface area contributed by atoms with E-state index in [1.807, 2.05) is 0 Å². The highest BCUT2D eigenvalue weighted by atomic mass is 16.5. The number of phenols is 1. The van der Waals surface area contributed by atoms with E-state index >= 15 is 0 Å². The number of aromatic hydroxyl groups is 1. The van der Waals surface area contributed by atoms with Gasteiger partial charge < -0.3 is 14.6 Å². The largest absolute Gasteiger partial charge is 0.504 e. The van der Waals surface area contributed by atoms with Crippen LogP contribution >= 0.6 is 0 Å². The van der Waals surface area contributed by atoms with Crippen LogP contribution in [0.25, 0.3) is 0 Å². The summed E-state index contributed by atoms with van der Waals surface area (Å²) in [5, 5.41) is 17.4. The van der Waals surface area contributed by atoms with E-state index < -0.39 is 0 Å². The number of ether oxygens (including phenoxy) is 2. The standard InChI is InChI=1S/C16H25NO3/c1-3-4-5-6-7-8-11-20-16(17)13-9-10-14(18)15(12-13)19-2/h9-10,12,17-18H,3-8,11H2,1-2H3. The van der Waals surface area contributed by atoms with Crippen molar-refractivity contribution in [1.82, 2.24) is 0 Å². The van der Waals surface area contributed by atoms with E-state index in [1.54, 1.807) is 12.1 Å². The van der Waals surface area contributed by atoms with Gasteiger partial charge in [0.25, 0.3) is 0 Å². The molecular weight excluding hydrogens is 254 g/mol. The summed E-state index contributed by atoms with van der Waals surface area (Å²) in [6, 6.07) is 4.77. The van der Waals surface area contributed by atoms with E-state index in [1.165, 1.54) is 38.9 Å². The molecule has 0 fully saturated rings. The number of unbranched alkanes of at least 4 members (excludes halogenated alkanes) is 5. The molecule has 4 heteroatoms. The third kappa shape index (κ3) is 5.51. The molecule has 4 nitrogen and oxygen atoms in total. The number of benzene rings is 1. The van der Waals surface area contributed by atoms with Gasteiger partial charge in [-0.05, 0) is 24.6 Å². The minimum absolute atomic E-state index is 0.0694. The van der Waals surface area contributed by atoms with E-state index in [2.05, 4.69) is 6.92 Å². The Morgan fingerprint density at radius 2 is 1.85 bits per heavy atom. The van der Waals surface area contributed by atoms with E-state index in [9.17, 15) is 5.11 Å². The predicted molar refractivity (Wildman–Crippen MR) is 80.8 cm³/mol. The predicted octanol–water partition coefficient (Wildman–Crippen LogP) is 4.10. The molecule has 0 atom stereocenters. The first kappa shape index (κ1) is 16.3. The highest BCUT2D eigenvalue weighted by Crippen LogP contribution is 2.26. The number of nitrogens with one attached hydrogen (secondary N) is 1. The van der Waals surface area contributed by atoms with E-state index in [0.29, 0.717) is 17.9 Å². The Balaban J connectivity index is 2.29. The first-order chi connectivity index (χ1) is 9.69. The lowest BCUT2D eigenvalue weighted by Crippen LogP contribution is -2.06. The van der Waals surface area contributed by atoms with Crippen molar-refractivity contribution in [3.8, 4) is 11.5 Å². The van der Waals surface area contributed by atoms with Gasteiger partial charge in [-0.1, -0.05) is 39.0 Å². The van der Waals surface area contributed by atoms with Crippen LogP contribution in [0, 0.1) is 5.41 Å². The van der Waals surface area contributed by atoms with Crippen molar-refractivity contribution in [2.24, 2.45) is 0 Å². The molecule has 1 rings (SSSR count). The molecule has 2 N–H and O–H groups in total. The van der Waals surface area contributed by atoms with Crippen LogP contribution in [0.15, 0.2) is 18.2 Å². The maximum atomic E-state index is 9.50. The molecule has 0 saturated carbocycles. The second kappa shape index (κ2) is 9.23. The minimum atomic E-state index is 0.0694. The summed E-state index contributed by atoms with van der Waals surface area (Å²) in [7, 11) is 1.49. The van der Waals surface area contributed by atoms with Crippen LogP contribution in [0.1, 0.15) is 51.0 Å². The van der Waals surface area contributed by atoms with Gasteiger partial charge in [0.05, 0.1) is 13.7 Å². The van der Waals surface area contributed by atoms with Crippen molar-refractivity contribution in [2.75, 3.05) is 13.7 Å². The summed E-state index contributed by atoms with van der Waals surface area (Å²) in [4.78, 5) is 0. The number of rotatable bonds is 9. The maximum absolute atomic E-state index is 9.50. The zero-order valence-corrected chi connectivity index (χ0v) is 12.4. The normalized spacial score (nSPS) is 10.3. The summed E-state index contributed by atoms with van der Waals surface area (Å²) >= 11 is 0. The summed E-state index contributed by atoms with van der Waals surface area (Å²) in [6.07, 6.45) is 7.18. The summed E-state index contributed by atoms with van der Waals surface area (Å²) in [6.45, 7) is 2.77. The lowest BCUT2D eigenvalue weighted by molar-refractivity contribution is 0.290. The van der Waals surface area contributed by atoms with Gasteiger partial charge in [-0.2, -0.15) is 0 Å². The van der Waals surface area contributed by atoms with Crippen LogP contribution < -0.4 is 4.74 Å². The second-order valence-corrected chi connectivity index (χ2v) is 4.83. The minimum Gasteiger partial charge on any atom is -0.504 e. The van der Waals surface area contributed by atoms with Gasteiger partial charge in [0, 0.05) is 5.56 Å². The Labute approximate surface area is 121 Å². The first-order valence-corrected chi connectivity index (χ1v) is 7.27. The van der Waals surface area contributed by atoms with Crippen LogP contribution in [0.3, 0.4) is 0 Å². The molecule has 1 aromatic rings. The fourth-order valence-electron chi connectivity index (χ4n) is 1.96. The molecule has 0 unspecified atom stereocenters. The maximum Gasteiger partial charge on any atom is 0.213 e. The third-order valence-corrected chi connectivity index (χ3v) is 3.19. The zero-order chi connectivity index (χ0) is 14.8. The zero-order valence-electron chi connectivity index (χ0n) is 12.4. The van der Waals surface area contributed by atoms with Gasteiger partial charge in [-0.3, -0.25) is 5.41 Å². The number of hydrogen-bond donors (Lipinski definition) is 2. The monoisotopic (exact) mass is 279 g/mol. The molecule has 0 spiro atoms. The van der Waals surface area contributed by atoms with Crippen molar-refractivity contribution in [3.05, 3.63) is 23.8 Å². The molecule has 0 radical (unpaired) electrons. The van der Waals surface area contributed by atoms with Crippen LogP contribution in [0.5, 0.6) is 11.5 Å². The Bertz CT molecular complexity index is 418. The lowest BCUT2D eigenvalue weighted by atomic mass is 10.1. The lowest BCUT2D eigenvalue weighted by Gasteiger charge is -2.09. The Morgan fingerprint density at radius 1 is 1.15 bits per heavy atom. The molecule has 0 aliphatic heterocycles. The summed E-state index contributed by atoms with van der Waals surface area (Å²) < 4.78 is 10.4. The Kier molecular flexibility index (Phi) is 7.55. The van der Waals surface area contributed by atoms with Crippen LogP contribution in [-0.2, 0) is 4.74 Å². The van der Waals surface area contributed by atoms with Crippen molar-refractivity contribution in [3.63, 3.8) is 0 Å². The molecule has 0 saturated heterocycles. The summed E-state index contributed by atoms with van der Waals surface area (Å²) in [5.41, 5.74) is 0.616. The number of hydrogen-bond acceptors (Lipinski definition) is 4. The smallest absolute Gasteiger partial charge is 0.213 e. The van der Waals surface area contributed by atoms with Gasteiger partial charge in [0.1, 0.15) is 0 Å². The van der Waals surface area contributed by atoms with E-state index in [-0.39, 0.29) is 11.6 Å². The van der Waals surface area contributed by atoms with E-state index in [4.69, 9.17) is 14.9 Å². The second-order valence-electron chi connectivity index (χ2n) is 4.83. The quantitative estimate of drug-likeness (QED) is 0.406. The van der Waals surface area contributed by atoms with Crippen molar-refractivity contribution in [2.45, 2.75) is 45.4 Å². The number of methoxy groups -OCH3 is 1. The molecule has 20 heavy (non-hydrogen) atoms. The Hall–Kier alpha value is -1.71. The average Bonchev–Trinajstić information content (AvgIpc) is 2.46. The van der Waals surface area contributed by atoms with Crippen LogP contribution in [0.4, 0.5) is 0 Å². The van der Waals surface area contributed by atoms with Crippen molar-refractivity contribution in [1.29, 1.82) is 5.41 Å². The molecule has 112 valence electrons. The molecule has 0 aliphatic carbocycles. The SMILES string of the molecule is CCCCCCCCOC(=N)c1ccc(O)c(OC)c1. The molecule has 1 aromatic carbocycles. The fourth-order valence-corrected chi connectivity index (χ4v) is 1.96. The van der Waals surface area contributed by atoms with Crippen molar-refractivity contribution >= 4 is 5.90 Å². The highest BCUT2D eigenvalue weighted by Gasteiger charge is 2.07. The van der Waals surface area contributed by atoms with Gasteiger partial charge in [-0.25, -0.2) is 0 Å². The molecule has 0 bridgehead atoms. The topological polar surface area (TPSA) is 62.5 Å². The molecule has 0 aromatic heterocycles. The van der Waals surface area contributed by atoms with Crippen LogP contribution in [0.2, 0.25) is 0 Å².